The Bertz CT molecular complexity index is 313. The van der Waals surface area contributed by atoms with Gasteiger partial charge in [0.15, 0.2) is 0 Å². The van der Waals surface area contributed by atoms with Crippen molar-refractivity contribution in [2.24, 2.45) is 5.73 Å². The van der Waals surface area contributed by atoms with Gasteiger partial charge in [0.2, 0.25) is 0 Å². The normalized spacial score (nSPS) is 12.5. The number of H-pyrrole nitrogens is 1. The van der Waals surface area contributed by atoms with E-state index in [2.05, 4.69) is 30.9 Å². The number of carbonyl (C=O) groups is 1. The molecule has 0 saturated carbocycles. The van der Waals surface area contributed by atoms with Crippen molar-refractivity contribution in [2.75, 3.05) is 7.11 Å². The summed E-state index contributed by atoms with van der Waals surface area (Å²) in [6.07, 6.45) is 2.48. The molecule has 1 aromatic rings. The van der Waals surface area contributed by atoms with E-state index in [9.17, 15) is 4.79 Å². The van der Waals surface area contributed by atoms with Crippen molar-refractivity contribution in [3.8, 4) is 0 Å². The molecule has 1 atom stereocenters. The molecule has 0 spiro atoms. The first-order chi connectivity index (χ1) is 6.65. The molecule has 1 heterocycles. The highest BCUT2D eigenvalue weighted by atomic mass is 79.9. The van der Waals surface area contributed by atoms with Crippen LogP contribution in [0.4, 0.5) is 0 Å². The van der Waals surface area contributed by atoms with E-state index in [1.165, 1.54) is 7.11 Å². The monoisotopic (exact) mass is 261 g/mol. The molecule has 1 unspecified atom stereocenters. The van der Waals surface area contributed by atoms with Crippen LogP contribution in [0.25, 0.3) is 0 Å². The highest BCUT2D eigenvalue weighted by Crippen LogP contribution is 2.21. The lowest BCUT2D eigenvalue weighted by molar-refractivity contribution is -0.140. The average molecular weight is 262 g/mol. The number of hydrogen-bond acceptors (Lipinski definition) is 4. The summed E-state index contributed by atoms with van der Waals surface area (Å²) in [7, 11) is 1.36. The first kappa shape index (κ1) is 11.2. The van der Waals surface area contributed by atoms with E-state index in [-0.39, 0.29) is 12.0 Å². The van der Waals surface area contributed by atoms with Gasteiger partial charge in [-0.25, -0.2) is 0 Å². The molecule has 1 rings (SSSR count). The Balaban J connectivity index is 2.47. The molecule has 0 aromatic carbocycles. The number of esters is 1. The van der Waals surface area contributed by atoms with Gasteiger partial charge in [-0.2, -0.15) is 5.10 Å². The Morgan fingerprint density at radius 3 is 3.07 bits per heavy atom. The average Bonchev–Trinajstić information content (AvgIpc) is 2.60. The number of aromatic nitrogens is 2. The zero-order valence-electron chi connectivity index (χ0n) is 7.79. The molecule has 1 aromatic heterocycles. The molecule has 0 amide bonds. The Hall–Kier alpha value is -0.880. The molecular weight excluding hydrogens is 250 g/mol. The molecule has 0 fully saturated rings. The molecule has 3 N–H and O–H groups in total. The van der Waals surface area contributed by atoms with Crippen molar-refractivity contribution < 1.29 is 9.53 Å². The molecule has 0 radical (unpaired) electrons. The minimum Gasteiger partial charge on any atom is -0.469 e. The van der Waals surface area contributed by atoms with Crippen molar-refractivity contribution in [1.29, 1.82) is 0 Å². The predicted molar refractivity (Wildman–Crippen MR) is 54.5 cm³/mol. The first-order valence-corrected chi connectivity index (χ1v) is 4.95. The van der Waals surface area contributed by atoms with Gasteiger partial charge in [0.1, 0.15) is 0 Å². The molecule has 78 valence electrons. The van der Waals surface area contributed by atoms with E-state index >= 15 is 0 Å². The number of nitrogens with one attached hydrogen (secondary N) is 1. The number of rotatable bonds is 4. The summed E-state index contributed by atoms with van der Waals surface area (Å²) in [4.78, 5) is 10.9. The van der Waals surface area contributed by atoms with E-state index in [4.69, 9.17) is 5.73 Å². The van der Waals surface area contributed by atoms with Crippen molar-refractivity contribution >= 4 is 21.9 Å². The quantitative estimate of drug-likeness (QED) is 0.797. The van der Waals surface area contributed by atoms with Gasteiger partial charge in [-0.1, -0.05) is 0 Å². The van der Waals surface area contributed by atoms with E-state index < -0.39 is 0 Å². The smallest absolute Gasteiger partial charge is 0.305 e. The summed E-state index contributed by atoms with van der Waals surface area (Å²) in [5.41, 5.74) is 6.63. The van der Waals surface area contributed by atoms with Crippen molar-refractivity contribution in [2.45, 2.75) is 18.9 Å². The fraction of sp³-hybridized carbons (Fsp3) is 0.500. The Morgan fingerprint density at radius 1 is 1.86 bits per heavy atom. The van der Waals surface area contributed by atoms with Crippen LogP contribution in [-0.2, 0) is 9.53 Å². The fourth-order valence-corrected chi connectivity index (χ4v) is 1.55. The number of carbonyl (C=O) groups excluding carboxylic acids is 1. The zero-order chi connectivity index (χ0) is 10.6. The van der Waals surface area contributed by atoms with E-state index in [1.807, 2.05) is 0 Å². The maximum atomic E-state index is 10.9. The number of hydrogen-bond donors (Lipinski definition) is 2. The van der Waals surface area contributed by atoms with Gasteiger partial charge in [0.25, 0.3) is 0 Å². The molecule has 5 nitrogen and oxygen atoms in total. The van der Waals surface area contributed by atoms with Crippen LogP contribution in [0, 0.1) is 0 Å². The molecule has 0 aliphatic carbocycles. The molecular formula is C8H12BrN3O2. The van der Waals surface area contributed by atoms with Crippen LogP contribution in [-0.4, -0.2) is 23.3 Å². The Morgan fingerprint density at radius 2 is 2.57 bits per heavy atom. The second-order valence-electron chi connectivity index (χ2n) is 2.85. The van der Waals surface area contributed by atoms with E-state index in [1.54, 1.807) is 6.20 Å². The second kappa shape index (κ2) is 5.11. The van der Waals surface area contributed by atoms with Crippen molar-refractivity contribution in [3.05, 3.63) is 16.4 Å². The summed E-state index contributed by atoms with van der Waals surface area (Å²) < 4.78 is 5.34. The number of aromatic amines is 1. The number of halogens is 1. The largest absolute Gasteiger partial charge is 0.469 e. The number of methoxy groups -OCH3 is 1. The van der Waals surface area contributed by atoms with Crippen LogP contribution in [0.15, 0.2) is 10.7 Å². The summed E-state index contributed by atoms with van der Waals surface area (Å²) in [6.45, 7) is 0. The number of nitrogens with zero attached hydrogens (tertiary/aromatic N) is 1. The van der Waals surface area contributed by atoms with Crippen LogP contribution in [0.1, 0.15) is 24.6 Å². The fourth-order valence-electron chi connectivity index (χ4n) is 1.06. The molecule has 0 aliphatic rings. The third-order valence-corrected chi connectivity index (χ3v) is 2.51. The van der Waals surface area contributed by atoms with Gasteiger partial charge in [-0.05, 0) is 22.4 Å². The number of ether oxygens (including phenoxy) is 1. The topological polar surface area (TPSA) is 81.0 Å². The van der Waals surface area contributed by atoms with Crippen molar-refractivity contribution in [3.63, 3.8) is 0 Å². The lowest BCUT2D eigenvalue weighted by Gasteiger charge is -2.08. The van der Waals surface area contributed by atoms with E-state index in [0.29, 0.717) is 12.8 Å². The second-order valence-corrected chi connectivity index (χ2v) is 3.71. The summed E-state index contributed by atoms with van der Waals surface area (Å²) in [5.74, 6) is -0.254. The zero-order valence-corrected chi connectivity index (χ0v) is 9.37. The van der Waals surface area contributed by atoms with Gasteiger partial charge in [-0.15, -0.1) is 0 Å². The summed E-state index contributed by atoms with van der Waals surface area (Å²) in [5, 5.41) is 6.59. The maximum Gasteiger partial charge on any atom is 0.305 e. The van der Waals surface area contributed by atoms with Crippen molar-refractivity contribution in [1.82, 2.24) is 10.2 Å². The highest BCUT2D eigenvalue weighted by Gasteiger charge is 2.13. The first-order valence-electron chi connectivity index (χ1n) is 4.16. The molecule has 14 heavy (non-hydrogen) atoms. The number of nitrogens with two attached hydrogens (primary N) is 1. The van der Waals surface area contributed by atoms with Crippen LogP contribution in [0.3, 0.4) is 0 Å². The van der Waals surface area contributed by atoms with Gasteiger partial charge >= 0.3 is 5.97 Å². The van der Waals surface area contributed by atoms with Crippen LogP contribution in [0.2, 0.25) is 0 Å². The molecule has 0 aliphatic heterocycles. The minimum absolute atomic E-state index is 0.231. The van der Waals surface area contributed by atoms with Gasteiger partial charge in [-0.3, -0.25) is 9.89 Å². The predicted octanol–water partition coefficient (Wildman–Crippen LogP) is 1.13. The maximum absolute atomic E-state index is 10.9. The third kappa shape index (κ3) is 2.81. The minimum atomic E-state index is -0.254. The Labute approximate surface area is 90.1 Å². The molecule has 0 bridgehead atoms. The molecule has 6 heteroatoms. The SMILES string of the molecule is COC(=O)CCC(N)c1[nH]ncc1Br. The lowest BCUT2D eigenvalue weighted by atomic mass is 10.1. The standard InChI is InChI=1S/C8H12BrN3O2/c1-14-7(13)3-2-6(10)8-5(9)4-11-12-8/h4,6H,2-3,10H2,1H3,(H,11,12). The summed E-state index contributed by atoms with van der Waals surface area (Å²) >= 11 is 3.30. The Kier molecular flexibility index (Phi) is 4.09. The summed E-state index contributed by atoms with van der Waals surface area (Å²) in [6, 6.07) is -0.231. The third-order valence-electron chi connectivity index (χ3n) is 1.88. The molecule has 0 saturated heterocycles. The van der Waals surface area contributed by atoms with Crippen LogP contribution >= 0.6 is 15.9 Å². The van der Waals surface area contributed by atoms with Crippen LogP contribution < -0.4 is 5.73 Å². The van der Waals surface area contributed by atoms with Gasteiger partial charge in [0, 0.05) is 12.5 Å². The lowest BCUT2D eigenvalue weighted by Crippen LogP contribution is -2.14. The van der Waals surface area contributed by atoms with Gasteiger partial charge in [0.05, 0.1) is 23.5 Å². The van der Waals surface area contributed by atoms with Crippen LogP contribution in [0.5, 0.6) is 0 Å². The highest BCUT2D eigenvalue weighted by molar-refractivity contribution is 9.10. The van der Waals surface area contributed by atoms with E-state index in [0.717, 1.165) is 10.2 Å². The van der Waals surface area contributed by atoms with Gasteiger partial charge < -0.3 is 10.5 Å².